The maximum absolute atomic E-state index is 12.4. The highest BCUT2D eigenvalue weighted by Crippen LogP contribution is 2.34. The van der Waals surface area contributed by atoms with Crippen LogP contribution in [0.15, 0.2) is 18.2 Å². The number of hydrogen-bond acceptors (Lipinski definition) is 4. The number of carboxylic acids is 1. The molecule has 0 heterocycles. The second-order valence-electron chi connectivity index (χ2n) is 5.29. The molecule has 1 atom stereocenters. The molecule has 2 N–H and O–H groups in total. The lowest BCUT2D eigenvalue weighted by Crippen LogP contribution is -2.41. The fourth-order valence-electron chi connectivity index (χ4n) is 2.16. The lowest BCUT2D eigenvalue weighted by atomic mass is 10.1. The number of hydrogen-bond donors (Lipinski definition) is 2. The normalized spacial score (nSPS) is 15.1. The van der Waals surface area contributed by atoms with Gasteiger partial charge >= 0.3 is 12.6 Å². The molecule has 126 valence electrons. The number of methoxy groups -OCH3 is 1. The van der Waals surface area contributed by atoms with E-state index < -0.39 is 24.5 Å². The number of nitrogens with one attached hydrogen (secondary N) is 1. The monoisotopic (exact) mass is 329 g/mol. The first-order chi connectivity index (χ1) is 10.9. The number of carboxylic acid groups (broad SMARTS) is 1. The zero-order valence-corrected chi connectivity index (χ0v) is 12.4. The van der Waals surface area contributed by atoms with Crippen LogP contribution in [0.1, 0.15) is 29.6 Å². The molecule has 1 aromatic rings. The van der Waals surface area contributed by atoms with E-state index in [2.05, 4.69) is 10.1 Å². The number of alkyl halides is 2. The van der Waals surface area contributed by atoms with Gasteiger partial charge in [-0.1, -0.05) is 12.8 Å². The second kappa shape index (κ2) is 7.26. The van der Waals surface area contributed by atoms with Crippen molar-refractivity contribution in [3.05, 3.63) is 23.8 Å². The maximum atomic E-state index is 12.4. The minimum atomic E-state index is -3.07. The third-order valence-corrected chi connectivity index (χ3v) is 3.51. The molecular formula is C15H17F2NO5. The first kappa shape index (κ1) is 17.0. The van der Waals surface area contributed by atoms with Gasteiger partial charge < -0.3 is 19.9 Å². The van der Waals surface area contributed by atoms with E-state index in [1.807, 2.05) is 0 Å². The summed E-state index contributed by atoms with van der Waals surface area (Å²) in [6, 6.07) is 2.75. The van der Waals surface area contributed by atoms with E-state index in [0.29, 0.717) is 12.3 Å². The summed E-state index contributed by atoms with van der Waals surface area (Å²) in [5, 5.41) is 11.5. The van der Waals surface area contributed by atoms with Gasteiger partial charge in [0.1, 0.15) is 6.04 Å². The van der Waals surface area contributed by atoms with E-state index in [-0.39, 0.29) is 17.1 Å². The average Bonchev–Trinajstić information content (AvgIpc) is 3.29. The van der Waals surface area contributed by atoms with Crippen molar-refractivity contribution < 1.29 is 33.0 Å². The number of benzene rings is 1. The van der Waals surface area contributed by atoms with Crippen molar-refractivity contribution in [2.75, 3.05) is 7.11 Å². The summed E-state index contributed by atoms with van der Waals surface area (Å²) in [5.74, 6) is -1.72. The Labute approximate surface area is 131 Å². The maximum Gasteiger partial charge on any atom is 0.387 e. The summed E-state index contributed by atoms with van der Waals surface area (Å²) in [7, 11) is 1.28. The van der Waals surface area contributed by atoms with Crippen LogP contribution in [0.5, 0.6) is 11.5 Å². The Bertz CT molecular complexity index is 589. The highest BCUT2D eigenvalue weighted by molar-refractivity contribution is 5.97. The zero-order chi connectivity index (χ0) is 17.0. The van der Waals surface area contributed by atoms with Crippen LogP contribution >= 0.6 is 0 Å². The number of halogens is 2. The van der Waals surface area contributed by atoms with E-state index in [0.717, 1.165) is 18.9 Å². The third-order valence-electron chi connectivity index (χ3n) is 3.51. The number of carbonyl (C=O) groups is 2. The molecule has 0 radical (unpaired) electrons. The van der Waals surface area contributed by atoms with Gasteiger partial charge in [0.15, 0.2) is 11.5 Å². The summed E-state index contributed by atoms with van der Waals surface area (Å²) in [4.78, 5) is 23.3. The van der Waals surface area contributed by atoms with Crippen molar-refractivity contribution >= 4 is 11.9 Å². The molecule has 1 fully saturated rings. The Kier molecular flexibility index (Phi) is 5.36. The Morgan fingerprint density at radius 1 is 1.35 bits per heavy atom. The molecule has 0 spiro atoms. The van der Waals surface area contributed by atoms with E-state index >= 15 is 0 Å². The Balaban J connectivity index is 2.12. The molecule has 0 aliphatic heterocycles. The minimum Gasteiger partial charge on any atom is -0.493 e. The standard InChI is InChI=1S/C15H17F2NO5/c1-22-11-5-4-9(7-12(11)23-15(16)17)13(19)18-10(14(20)21)6-8-2-3-8/h4-5,7-8,10,15H,2-3,6H2,1H3,(H,18,19)(H,20,21). The van der Waals surface area contributed by atoms with Crippen LogP contribution in [0, 0.1) is 5.92 Å². The molecule has 1 aromatic carbocycles. The molecule has 1 aliphatic rings. The molecule has 0 aromatic heterocycles. The van der Waals surface area contributed by atoms with Gasteiger partial charge in [-0.15, -0.1) is 0 Å². The highest BCUT2D eigenvalue weighted by atomic mass is 19.3. The molecule has 1 saturated carbocycles. The van der Waals surface area contributed by atoms with Crippen LogP contribution in [0.2, 0.25) is 0 Å². The van der Waals surface area contributed by atoms with Crippen LogP contribution in [-0.4, -0.2) is 36.7 Å². The fourth-order valence-corrected chi connectivity index (χ4v) is 2.16. The van der Waals surface area contributed by atoms with Gasteiger partial charge in [0, 0.05) is 5.56 Å². The molecular weight excluding hydrogens is 312 g/mol. The number of rotatable bonds is 8. The molecule has 0 bridgehead atoms. The molecule has 2 rings (SSSR count). The summed E-state index contributed by atoms with van der Waals surface area (Å²) < 4.78 is 33.9. The molecule has 1 amide bonds. The lowest BCUT2D eigenvalue weighted by molar-refractivity contribution is -0.139. The topological polar surface area (TPSA) is 84.9 Å². The van der Waals surface area contributed by atoms with Gasteiger partial charge in [-0.2, -0.15) is 8.78 Å². The van der Waals surface area contributed by atoms with Crippen molar-refractivity contribution in [1.82, 2.24) is 5.32 Å². The van der Waals surface area contributed by atoms with Gasteiger partial charge in [-0.05, 0) is 30.5 Å². The predicted molar refractivity (Wildman–Crippen MR) is 75.9 cm³/mol. The fraction of sp³-hybridized carbons (Fsp3) is 0.467. The Morgan fingerprint density at radius 2 is 2.04 bits per heavy atom. The van der Waals surface area contributed by atoms with Crippen LogP contribution < -0.4 is 14.8 Å². The number of ether oxygens (including phenoxy) is 2. The van der Waals surface area contributed by atoms with E-state index in [1.54, 1.807) is 0 Å². The first-order valence-corrected chi connectivity index (χ1v) is 7.07. The smallest absolute Gasteiger partial charge is 0.387 e. The summed E-state index contributed by atoms with van der Waals surface area (Å²) in [5.41, 5.74) is 0.0171. The molecule has 6 nitrogen and oxygen atoms in total. The highest BCUT2D eigenvalue weighted by Gasteiger charge is 2.30. The van der Waals surface area contributed by atoms with Gasteiger partial charge in [0.25, 0.3) is 5.91 Å². The van der Waals surface area contributed by atoms with Gasteiger partial charge in [-0.3, -0.25) is 4.79 Å². The van der Waals surface area contributed by atoms with Gasteiger partial charge in [0.2, 0.25) is 0 Å². The number of carbonyl (C=O) groups excluding carboxylic acids is 1. The molecule has 1 aliphatic carbocycles. The first-order valence-electron chi connectivity index (χ1n) is 7.07. The molecule has 8 heteroatoms. The number of amides is 1. The van der Waals surface area contributed by atoms with Gasteiger partial charge in [-0.25, -0.2) is 4.79 Å². The van der Waals surface area contributed by atoms with Crippen molar-refractivity contribution in [2.24, 2.45) is 5.92 Å². The minimum absolute atomic E-state index is 0.0171. The van der Waals surface area contributed by atoms with Gasteiger partial charge in [0.05, 0.1) is 7.11 Å². The van der Waals surface area contributed by atoms with Crippen LogP contribution in [-0.2, 0) is 4.79 Å². The molecule has 23 heavy (non-hydrogen) atoms. The second-order valence-corrected chi connectivity index (χ2v) is 5.29. The Morgan fingerprint density at radius 3 is 2.57 bits per heavy atom. The van der Waals surface area contributed by atoms with Crippen molar-refractivity contribution in [3.8, 4) is 11.5 Å². The van der Waals surface area contributed by atoms with Crippen molar-refractivity contribution in [1.29, 1.82) is 0 Å². The average molecular weight is 329 g/mol. The molecule has 1 unspecified atom stereocenters. The van der Waals surface area contributed by atoms with E-state index in [9.17, 15) is 18.4 Å². The van der Waals surface area contributed by atoms with Crippen molar-refractivity contribution in [2.45, 2.75) is 31.9 Å². The summed E-state index contributed by atoms with van der Waals surface area (Å²) in [6.45, 7) is -3.07. The van der Waals surface area contributed by atoms with Crippen LogP contribution in [0.4, 0.5) is 8.78 Å². The van der Waals surface area contributed by atoms with Crippen molar-refractivity contribution in [3.63, 3.8) is 0 Å². The predicted octanol–water partition coefficient (Wildman–Crippen LogP) is 2.28. The Hall–Kier alpha value is -2.38. The number of aliphatic carboxylic acids is 1. The van der Waals surface area contributed by atoms with Crippen LogP contribution in [0.25, 0.3) is 0 Å². The molecule has 0 saturated heterocycles. The summed E-state index contributed by atoms with van der Waals surface area (Å²) in [6.07, 6.45) is 2.26. The van der Waals surface area contributed by atoms with Crippen LogP contribution in [0.3, 0.4) is 0 Å². The zero-order valence-electron chi connectivity index (χ0n) is 12.4. The summed E-state index contributed by atoms with van der Waals surface area (Å²) >= 11 is 0. The van der Waals surface area contributed by atoms with E-state index in [1.165, 1.54) is 19.2 Å². The SMILES string of the molecule is COc1ccc(C(=O)NC(CC2CC2)C(=O)O)cc1OC(F)F. The quantitative estimate of drug-likeness (QED) is 0.764. The third kappa shape index (κ3) is 4.80. The van der Waals surface area contributed by atoms with E-state index in [4.69, 9.17) is 9.84 Å². The lowest BCUT2D eigenvalue weighted by Gasteiger charge is -2.15. The largest absolute Gasteiger partial charge is 0.493 e.